The molecule has 0 aromatic heterocycles. The first-order valence-electron chi connectivity index (χ1n) is 4.64. The first kappa shape index (κ1) is 11.0. The van der Waals surface area contributed by atoms with Crippen LogP contribution in [0.3, 0.4) is 0 Å². The maximum Gasteiger partial charge on any atom is 0.123 e. The van der Waals surface area contributed by atoms with Gasteiger partial charge in [-0.3, -0.25) is 0 Å². The lowest BCUT2D eigenvalue weighted by atomic mass is 10.0. The average Bonchev–Trinajstić information content (AvgIpc) is 2.07. The van der Waals surface area contributed by atoms with Crippen LogP contribution in [0.15, 0.2) is 24.3 Å². The third-order valence-electron chi connectivity index (χ3n) is 2.29. The molecule has 0 amide bonds. The smallest absolute Gasteiger partial charge is 0.123 e. The molecule has 1 aromatic rings. The Hall–Kier alpha value is -1.09. The molecule has 0 heterocycles. The van der Waals surface area contributed by atoms with Crippen molar-refractivity contribution >= 4 is 5.69 Å². The van der Waals surface area contributed by atoms with Gasteiger partial charge in [-0.15, -0.1) is 0 Å². The summed E-state index contributed by atoms with van der Waals surface area (Å²) in [7, 11) is 0. The quantitative estimate of drug-likeness (QED) is 0.779. The lowest BCUT2D eigenvalue weighted by Gasteiger charge is -2.27. The van der Waals surface area contributed by atoms with Gasteiger partial charge in [0.25, 0.3) is 0 Å². The number of anilines is 1. The van der Waals surface area contributed by atoms with Crippen molar-refractivity contribution in [3.63, 3.8) is 0 Å². The van der Waals surface area contributed by atoms with Gasteiger partial charge in [0, 0.05) is 5.69 Å². The van der Waals surface area contributed by atoms with E-state index in [4.69, 9.17) is 0 Å². The van der Waals surface area contributed by atoms with Crippen LogP contribution in [0.25, 0.3) is 0 Å². The van der Waals surface area contributed by atoms with Crippen molar-refractivity contribution in [2.45, 2.75) is 32.4 Å². The minimum Gasteiger partial charge on any atom is -0.388 e. The molecule has 0 aliphatic carbocycles. The van der Waals surface area contributed by atoms with E-state index >= 15 is 0 Å². The van der Waals surface area contributed by atoms with Crippen LogP contribution in [0.4, 0.5) is 10.1 Å². The van der Waals surface area contributed by atoms with E-state index in [-0.39, 0.29) is 11.9 Å². The topological polar surface area (TPSA) is 32.3 Å². The fourth-order valence-corrected chi connectivity index (χ4v) is 0.973. The lowest BCUT2D eigenvalue weighted by molar-refractivity contribution is 0.0649. The van der Waals surface area contributed by atoms with Crippen molar-refractivity contribution in [2.75, 3.05) is 5.32 Å². The van der Waals surface area contributed by atoms with Gasteiger partial charge in [-0.25, -0.2) is 4.39 Å². The van der Waals surface area contributed by atoms with Crippen LogP contribution in [0.2, 0.25) is 0 Å². The maximum atomic E-state index is 12.6. The summed E-state index contributed by atoms with van der Waals surface area (Å²) in [4.78, 5) is 0. The van der Waals surface area contributed by atoms with Crippen LogP contribution in [0.1, 0.15) is 20.8 Å². The monoisotopic (exact) mass is 197 g/mol. The van der Waals surface area contributed by atoms with Crippen molar-refractivity contribution in [2.24, 2.45) is 0 Å². The Morgan fingerprint density at radius 3 is 2.21 bits per heavy atom. The van der Waals surface area contributed by atoms with E-state index in [9.17, 15) is 9.50 Å². The Kier molecular flexibility index (Phi) is 3.11. The van der Waals surface area contributed by atoms with E-state index in [0.29, 0.717) is 0 Å². The first-order valence-corrected chi connectivity index (χ1v) is 4.64. The minimum absolute atomic E-state index is 0.0899. The van der Waals surface area contributed by atoms with Crippen LogP contribution in [-0.4, -0.2) is 16.7 Å². The summed E-state index contributed by atoms with van der Waals surface area (Å²) >= 11 is 0. The van der Waals surface area contributed by atoms with Gasteiger partial charge in [0.05, 0.1) is 11.6 Å². The predicted octanol–water partition coefficient (Wildman–Crippen LogP) is 2.40. The summed E-state index contributed by atoms with van der Waals surface area (Å²) < 4.78 is 12.6. The van der Waals surface area contributed by atoms with Gasteiger partial charge >= 0.3 is 0 Å². The number of rotatable bonds is 3. The number of nitrogens with one attached hydrogen (secondary N) is 1. The third kappa shape index (κ3) is 3.00. The van der Waals surface area contributed by atoms with E-state index in [0.717, 1.165) is 5.69 Å². The molecule has 2 nitrogen and oxygen atoms in total. The highest BCUT2D eigenvalue weighted by atomic mass is 19.1. The second-order valence-electron chi connectivity index (χ2n) is 4.03. The molecule has 1 rings (SSSR count). The molecule has 78 valence electrons. The van der Waals surface area contributed by atoms with E-state index in [2.05, 4.69) is 5.32 Å². The number of aliphatic hydroxyl groups is 1. The Morgan fingerprint density at radius 2 is 1.79 bits per heavy atom. The Labute approximate surface area is 83.8 Å². The van der Waals surface area contributed by atoms with Crippen molar-refractivity contribution in [1.82, 2.24) is 0 Å². The van der Waals surface area contributed by atoms with Gasteiger partial charge in [-0.2, -0.15) is 0 Å². The first-order chi connectivity index (χ1) is 6.39. The molecule has 0 spiro atoms. The molecule has 14 heavy (non-hydrogen) atoms. The Morgan fingerprint density at radius 1 is 1.29 bits per heavy atom. The van der Waals surface area contributed by atoms with Crippen molar-refractivity contribution in [1.29, 1.82) is 0 Å². The molecule has 3 heteroatoms. The van der Waals surface area contributed by atoms with E-state index < -0.39 is 5.60 Å². The van der Waals surface area contributed by atoms with Gasteiger partial charge in [-0.05, 0) is 45.0 Å². The second kappa shape index (κ2) is 3.96. The molecule has 0 aliphatic rings. The molecule has 0 radical (unpaired) electrons. The van der Waals surface area contributed by atoms with Gasteiger partial charge < -0.3 is 10.4 Å². The summed E-state index contributed by atoms with van der Waals surface area (Å²) in [6, 6.07) is 5.99. The zero-order valence-corrected chi connectivity index (χ0v) is 8.71. The standard InChI is InChI=1S/C11H16FNO/c1-8(11(2,3)14)13-10-6-4-9(12)5-7-10/h4-8,13-14H,1-3H3. The summed E-state index contributed by atoms with van der Waals surface area (Å²) in [5.74, 6) is -0.258. The number of benzene rings is 1. The molecule has 1 atom stereocenters. The minimum atomic E-state index is -0.797. The summed E-state index contributed by atoms with van der Waals surface area (Å²) in [5, 5.41) is 12.8. The second-order valence-corrected chi connectivity index (χ2v) is 4.03. The Balaban J connectivity index is 2.65. The molecule has 2 N–H and O–H groups in total. The Bertz CT molecular complexity index is 289. The van der Waals surface area contributed by atoms with Gasteiger partial charge in [0.1, 0.15) is 5.82 Å². The fraction of sp³-hybridized carbons (Fsp3) is 0.455. The van der Waals surface area contributed by atoms with E-state index in [1.807, 2.05) is 6.92 Å². The summed E-state index contributed by atoms with van der Waals surface area (Å²) in [6.45, 7) is 5.34. The molecule has 0 aliphatic heterocycles. The van der Waals surface area contributed by atoms with Crippen LogP contribution in [0.5, 0.6) is 0 Å². The summed E-state index contributed by atoms with van der Waals surface area (Å²) in [5.41, 5.74) is 0.00927. The zero-order chi connectivity index (χ0) is 10.8. The number of hydrogen-bond donors (Lipinski definition) is 2. The van der Waals surface area contributed by atoms with E-state index in [1.54, 1.807) is 26.0 Å². The molecule has 0 saturated heterocycles. The maximum absolute atomic E-state index is 12.6. The van der Waals surface area contributed by atoms with Crippen LogP contribution >= 0.6 is 0 Å². The molecule has 1 unspecified atom stereocenters. The number of halogens is 1. The fourth-order valence-electron chi connectivity index (χ4n) is 0.973. The highest BCUT2D eigenvalue weighted by molar-refractivity contribution is 5.44. The van der Waals surface area contributed by atoms with Gasteiger partial charge in [0.15, 0.2) is 0 Å². The zero-order valence-electron chi connectivity index (χ0n) is 8.71. The van der Waals surface area contributed by atoms with Gasteiger partial charge in [-0.1, -0.05) is 0 Å². The molecular weight excluding hydrogens is 181 g/mol. The SMILES string of the molecule is CC(Nc1ccc(F)cc1)C(C)(C)O. The van der Waals surface area contributed by atoms with Gasteiger partial charge in [0.2, 0.25) is 0 Å². The average molecular weight is 197 g/mol. The third-order valence-corrected chi connectivity index (χ3v) is 2.29. The summed E-state index contributed by atoms with van der Waals surface area (Å²) in [6.07, 6.45) is 0. The van der Waals surface area contributed by atoms with Crippen molar-refractivity contribution in [3.8, 4) is 0 Å². The molecular formula is C11H16FNO. The predicted molar refractivity (Wildman–Crippen MR) is 55.8 cm³/mol. The van der Waals surface area contributed by atoms with Crippen LogP contribution in [0, 0.1) is 5.82 Å². The highest BCUT2D eigenvalue weighted by Gasteiger charge is 2.21. The van der Waals surface area contributed by atoms with Crippen LogP contribution < -0.4 is 5.32 Å². The molecule has 0 saturated carbocycles. The van der Waals surface area contributed by atoms with Crippen LogP contribution in [-0.2, 0) is 0 Å². The molecule has 0 bridgehead atoms. The normalized spacial score (nSPS) is 13.8. The highest BCUT2D eigenvalue weighted by Crippen LogP contribution is 2.15. The van der Waals surface area contributed by atoms with Crippen molar-refractivity contribution < 1.29 is 9.50 Å². The molecule has 1 aromatic carbocycles. The lowest BCUT2D eigenvalue weighted by Crippen LogP contribution is -2.39. The van der Waals surface area contributed by atoms with E-state index in [1.165, 1.54) is 12.1 Å². The van der Waals surface area contributed by atoms with Crippen molar-refractivity contribution in [3.05, 3.63) is 30.1 Å². The largest absolute Gasteiger partial charge is 0.388 e. The number of hydrogen-bond acceptors (Lipinski definition) is 2. The molecule has 0 fully saturated rings.